The zero-order valence-corrected chi connectivity index (χ0v) is 13.5. The first-order valence-corrected chi connectivity index (χ1v) is 9.63. The summed E-state index contributed by atoms with van der Waals surface area (Å²) in [4.78, 5) is 0. The van der Waals surface area contributed by atoms with Gasteiger partial charge in [0.1, 0.15) is 0 Å². The van der Waals surface area contributed by atoms with Gasteiger partial charge in [0.15, 0.2) is 0 Å². The van der Waals surface area contributed by atoms with E-state index in [1.54, 1.807) is 6.07 Å². The quantitative estimate of drug-likeness (QED) is 0.879. The molecule has 1 aromatic carbocycles. The smallest absolute Gasteiger partial charge is 0.229 e. The molecule has 0 unspecified atom stereocenters. The highest BCUT2D eigenvalue weighted by Gasteiger charge is 2.39. The Morgan fingerprint density at radius 1 is 1.24 bits per heavy atom. The van der Waals surface area contributed by atoms with Crippen molar-refractivity contribution >= 4 is 15.7 Å². The van der Waals surface area contributed by atoms with Crippen molar-refractivity contribution in [3.8, 4) is 0 Å². The highest BCUT2D eigenvalue weighted by molar-refractivity contribution is 7.92. The Balaban J connectivity index is 1.67. The van der Waals surface area contributed by atoms with E-state index in [9.17, 15) is 8.42 Å². The second-order valence-electron chi connectivity index (χ2n) is 6.67. The zero-order chi connectivity index (χ0) is 15.0. The van der Waals surface area contributed by atoms with E-state index in [1.807, 2.05) is 12.1 Å². The molecule has 4 atom stereocenters. The Kier molecular flexibility index (Phi) is 3.97. The van der Waals surface area contributed by atoms with Gasteiger partial charge in [0.25, 0.3) is 0 Å². The Morgan fingerprint density at radius 2 is 2.05 bits per heavy atom. The fourth-order valence-corrected chi connectivity index (χ4v) is 4.51. The van der Waals surface area contributed by atoms with Crippen molar-refractivity contribution in [1.82, 2.24) is 5.32 Å². The van der Waals surface area contributed by atoms with Crippen LogP contribution in [-0.4, -0.2) is 20.7 Å². The standard InChI is InChI=1S/C16H24N2O2S/c1-11(17-16-9-12-6-7-14(16)8-12)13-4-3-5-15(10-13)18-21(2,19)20/h3-5,10-12,14,16-18H,6-9H2,1-2H3/t11-,12+,14+,16+/m1/s1. The lowest BCUT2D eigenvalue weighted by atomic mass is 9.94. The highest BCUT2D eigenvalue weighted by atomic mass is 32.2. The van der Waals surface area contributed by atoms with Crippen molar-refractivity contribution in [2.75, 3.05) is 11.0 Å². The van der Waals surface area contributed by atoms with Crippen molar-refractivity contribution in [3.63, 3.8) is 0 Å². The molecule has 4 nitrogen and oxygen atoms in total. The highest BCUT2D eigenvalue weighted by Crippen LogP contribution is 2.45. The lowest BCUT2D eigenvalue weighted by Gasteiger charge is -2.27. The summed E-state index contributed by atoms with van der Waals surface area (Å²) in [5, 5.41) is 3.74. The minimum Gasteiger partial charge on any atom is -0.307 e. The van der Waals surface area contributed by atoms with Gasteiger partial charge in [-0.05, 0) is 55.7 Å². The van der Waals surface area contributed by atoms with Crippen molar-refractivity contribution in [3.05, 3.63) is 29.8 Å². The first-order chi connectivity index (χ1) is 9.90. The minimum atomic E-state index is -3.22. The van der Waals surface area contributed by atoms with Crippen LogP contribution in [-0.2, 0) is 10.0 Å². The second-order valence-corrected chi connectivity index (χ2v) is 8.42. The first-order valence-electron chi connectivity index (χ1n) is 7.74. The van der Waals surface area contributed by atoms with E-state index in [4.69, 9.17) is 0 Å². The first kappa shape index (κ1) is 14.9. The van der Waals surface area contributed by atoms with Crippen LogP contribution in [0.1, 0.15) is 44.2 Å². The Hall–Kier alpha value is -1.07. The van der Waals surface area contributed by atoms with Crippen molar-refractivity contribution in [2.45, 2.75) is 44.7 Å². The molecule has 0 radical (unpaired) electrons. The molecule has 0 saturated heterocycles. The molecule has 0 amide bonds. The zero-order valence-electron chi connectivity index (χ0n) is 12.7. The molecular formula is C16H24N2O2S. The molecule has 2 bridgehead atoms. The van der Waals surface area contributed by atoms with Gasteiger partial charge in [-0.2, -0.15) is 0 Å². The molecule has 116 valence electrons. The number of fused-ring (bicyclic) bond motifs is 2. The molecule has 2 aliphatic carbocycles. The molecule has 21 heavy (non-hydrogen) atoms. The van der Waals surface area contributed by atoms with Crippen LogP contribution in [0.4, 0.5) is 5.69 Å². The molecule has 1 aromatic rings. The van der Waals surface area contributed by atoms with Gasteiger partial charge in [-0.3, -0.25) is 4.72 Å². The normalized spacial score (nSPS) is 29.5. The average molecular weight is 308 g/mol. The fourth-order valence-electron chi connectivity index (χ4n) is 3.95. The summed E-state index contributed by atoms with van der Waals surface area (Å²) in [7, 11) is -3.22. The topological polar surface area (TPSA) is 58.2 Å². The van der Waals surface area contributed by atoms with E-state index in [-0.39, 0.29) is 6.04 Å². The van der Waals surface area contributed by atoms with Crippen LogP contribution in [0, 0.1) is 11.8 Å². The predicted octanol–water partition coefficient (Wildman–Crippen LogP) is 2.90. The maximum Gasteiger partial charge on any atom is 0.229 e. The molecule has 0 aromatic heterocycles. The summed E-state index contributed by atoms with van der Waals surface area (Å²) in [6.07, 6.45) is 6.64. The van der Waals surface area contributed by atoms with Gasteiger partial charge >= 0.3 is 0 Å². The molecule has 0 aliphatic heterocycles. The van der Waals surface area contributed by atoms with Gasteiger partial charge in [0, 0.05) is 17.8 Å². The summed E-state index contributed by atoms with van der Waals surface area (Å²) in [5.74, 6) is 1.77. The third-order valence-electron chi connectivity index (χ3n) is 4.89. The molecule has 0 heterocycles. The van der Waals surface area contributed by atoms with E-state index >= 15 is 0 Å². The van der Waals surface area contributed by atoms with E-state index in [2.05, 4.69) is 23.0 Å². The summed E-state index contributed by atoms with van der Waals surface area (Å²) in [6.45, 7) is 2.16. The van der Waals surface area contributed by atoms with Crippen molar-refractivity contribution < 1.29 is 8.42 Å². The predicted molar refractivity (Wildman–Crippen MR) is 85.7 cm³/mol. The van der Waals surface area contributed by atoms with Crippen LogP contribution in [0.25, 0.3) is 0 Å². The van der Waals surface area contributed by atoms with E-state index in [1.165, 1.54) is 31.9 Å². The number of hydrogen-bond acceptors (Lipinski definition) is 3. The Morgan fingerprint density at radius 3 is 2.67 bits per heavy atom. The number of nitrogens with one attached hydrogen (secondary N) is 2. The molecule has 2 N–H and O–H groups in total. The lowest BCUT2D eigenvalue weighted by molar-refractivity contribution is 0.327. The number of rotatable bonds is 5. The van der Waals surface area contributed by atoms with Gasteiger partial charge in [0.05, 0.1) is 6.26 Å². The summed E-state index contributed by atoms with van der Waals surface area (Å²) >= 11 is 0. The van der Waals surface area contributed by atoms with Gasteiger partial charge < -0.3 is 5.32 Å². The van der Waals surface area contributed by atoms with Gasteiger partial charge in [-0.1, -0.05) is 18.6 Å². The van der Waals surface area contributed by atoms with Gasteiger partial charge in [-0.25, -0.2) is 8.42 Å². The molecule has 2 aliphatic rings. The van der Waals surface area contributed by atoms with Gasteiger partial charge in [-0.15, -0.1) is 0 Å². The van der Waals surface area contributed by atoms with E-state index < -0.39 is 10.0 Å². The monoisotopic (exact) mass is 308 g/mol. The second kappa shape index (κ2) is 5.61. The number of sulfonamides is 1. The van der Waals surface area contributed by atoms with Crippen molar-refractivity contribution in [2.24, 2.45) is 11.8 Å². The van der Waals surface area contributed by atoms with Crippen LogP contribution in [0.3, 0.4) is 0 Å². The molecule has 5 heteroatoms. The number of anilines is 1. The van der Waals surface area contributed by atoms with Crippen molar-refractivity contribution in [1.29, 1.82) is 0 Å². The van der Waals surface area contributed by atoms with Crippen LogP contribution < -0.4 is 10.0 Å². The average Bonchev–Trinajstić information content (AvgIpc) is 2.99. The summed E-state index contributed by atoms with van der Waals surface area (Å²) in [6, 6.07) is 8.54. The fraction of sp³-hybridized carbons (Fsp3) is 0.625. The molecular weight excluding hydrogens is 284 g/mol. The molecule has 2 saturated carbocycles. The largest absolute Gasteiger partial charge is 0.307 e. The van der Waals surface area contributed by atoms with Crippen LogP contribution in [0.5, 0.6) is 0 Å². The third kappa shape index (κ3) is 3.58. The number of hydrogen-bond donors (Lipinski definition) is 2. The van der Waals surface area contributed by atoms with E-state index in [0.29, 0.717) is 11.7 Å². The molecule has 0 spiro atoms. The third-order valence-corrected chi connectivity index (χ3v) is 5.50. The maximum atomic E-state index is 11.3. The summed E-state index contributed by atoms with van der Waals surface area (Å²) in [5.41, 5.74) is 1.77. The number of benzene rings is 1. The Labute approximate surface area is 127 Å². The van der Waals surface area contributed by atoms with Crippen LogP contribution in [0.2, 0.25) is 0 Å². The SMILES string of the molecule is C[C@@H](N[C@H]1C[C@H]2CC[C@H]1C2)c1cccc(NS(C)(=O)=O)c1. The van der Waals surface area contributed by atoms with Gasteiger partial charge in [0.2, 0.25) is 10.0 Å². The summed E-state index contributed by atoms with van der Waals surface area (Å²) < 4.78 is 25.2. The molecule has 3 rings (SSSR count). The van der Waals surface area contributed by atoms with E-state index in [0.717, 1.165) is 17.4 Å². The minimum absolute atomic E-state index is 0.246. The Bertz CT molecular complexity index is 614. The molecule has 2 fully saturated rings. The van der Waals surface area contributed by atoms with Crippen LogP contribution in [0.15, 0.2) is 24.3 Å². The maximum absolute atomic E-state index is 11.3. The lowest BCUT2D eigenvalue weighted by Crippen LogP contribution is -2.35. The van der Waals surface area contributed by atoms with Crippen LogP contribution >= 0.6 is 0 Å².